The number of hydrogen-bond donors (Lipinski definition) is 1. The molecule has 4 rings (SSSR count). The molecule has 0 aromatic heterocycles. The van der Waals surface area contributed by atoms with Crippen LogP contribution >= 0.6 is 11.6 Å². The number of hydrogen-bond acceptors (Lipinski definition) is 3. The predicted octanol–water partition coefficient (Wildman–Crippen LogP) is 5.81. The van der Waals surface area contributed by atoms with E-state index in [1.54, 1.807) is 0 Å². The number of nitrogens with zero attached hydrogens (tertiary/aromatic N) is 1. The third kappa shape index (κ3) is 5.46. The van der Waals surface area contributed by atoms with Crippen LogP contribution in [0.5, 0.6) is 5.75 Å². The molecule has 0 bridgehead atoms. The normalized spacial score (nSPS) is 17.8. The van der Waals surface area contributed by atoms with E-state index < -0.39 is 5.97 Å². The van der Waals surface area contributed by atoms with Crippen LogP contribution in [0.25, 0.3) is 0 Å². The molecule has 0 saturated carbocycles. The van der Waals surface area contributed by atoms with Gasteiger partial charge in [0.05, 0.1) is 12.0 Å². The maximum atomic E-state index is 11.6. The van der Waals surface area contributed by atoms with Gasteiger partial charge in [-0.3, -0.25) is 9.69 Å². The summed E-state index contributed by atoms with van der Waals surface area (Å²) >= 11 is 6.11. The Morgan fingerprint density at radius 1 is 1.00 bits per heavy atom. The lowest BCUT2D eigenvalue weighted by molar-refractivity contribution is -0.143. The molecular weight excluding hydrogens is 410 g/mol. The Hall–Kier alpha value is -2.82. The number of benzene rings is 3. The highest BCUT2D eigenvalue weighted by molar-refractivity contribution is 6.30. The molecular formula is C26H26ClNO3. The highest BCUT2D eigenvalue weighted by atomic mass is 35.5. The number of carboxylic acid groups (broad SMARTS) is 1. The predicted molar refractivity (Wildman–Crippen MR) is 122 cm³/mol. The fourth-order valence-electron chi connectivity index (χ4n) is 4.19. The van der Waals surface area contributed by atoms with E-state index in [1.807, 2.05) is 66.7 Å². The van der Waals surface area contributed by atoms with Gasteiger partial charge in [0.15, 0.2) is 0 Å². The van der Waals surface area contributed by atoms with Crippen molar-refractivity contribution in [3.63, 3.8) is 0 Å². The van der Waals surface area contributed by atoms with Gasteiger partial charge in [0.25, 0.3) is 0 Å². The van der Waals surface area contributed by atoms with Gasteiger partial charge < -0.3 is 9.84 Å². The molecule has 1 aliphatic heterocycles. The molecule has 31 heavy (non-hydrogen) atoms. The summed E-state index contributed by atoms with van der Waals surface area (Å²) in [4.78, 5) is 13.9. The average molecular weight is 436 g/mol. The van der Waals surface area contributed by atoms with Crippen LogP contribution in [0.1, 0.15) is 35.6 Å². The zero-order valence-electron chi connectivity index (χ0n) is 17.3. The van der Waals surface area contributed by atoms with Crippen LogP contribution in [0.15, 0.2) is 78.9 Å². The molecule has 1 N–H and O–H groups in total. The van der Waals surface area contributed by atoms with E-state index in [-0.39, 0.29) is 12.0 Å². The first-order valence-corrected chi connectivity index (χ1v) is 11.0. The van der Waals surface area contributed by atoms with Crippen LogP contribution in [0.3, 0.4) is 0 Å². The highest BCUT2D eigenvalue weighted by Crippen LogP contribution is 2.34. The molecule has 1 saturated heterocycles. The van der Waals surface area contributed by atoms with Crippen molar-refractivity contribution >= 4 is 17.6 Å². The Labute approximate surface area is 188 Å². The molecule has 4 nitrogen and oxygen atoms in total. The fraction of sp³-hybridized carbons (Fsp3) is 0.269. The first kappa shape index (κ1) is 21.4. The third-order valence-corrected chi connectivity index (χ3v) is 6.05. The lowest BCUT2D eigenvalue weighted by Crippen LogP contribution is -2.41. The molecule has 2 unspecified atom stereocenters. The SMILES string of the molecule is O=C(O)C1CCCN(C(c2ccc(Cl)cc2)c2ccc(OCc3ccccc3)cc2)C1. The number of rotatable bonds is 7. The lowest BCUT2D eigenvalue weighted by atomic mass is 9.91. The number of carbonyl (C=O) groups is 1. The van der Waals surface area contributed by atoms with E-state index in [9.17, 15) is 9.90 Å². The minimum absolute atomic E-state index is 0.0254. The lowest BCUT2D eigenvalue weighted by Gasteiger charge is -2.37. The topological polar surface area (TPSA) is 49.8 Å². The number of carboxylic acids is 1. The van der Waals surface area contributed by atoms with Crippen molar-refractivity contribution in [3.8, 4) is 5.75 Å². The molecule has 160 valence electrons. The standard InChI is InChI=1S/C26H26ClNO3/c27-23-12-8-20(9-13-23)25(28-16-4-7-22(17-28)26(29)30)21-10-14-24(15-11-21)31-18-19-5-2-1-3-6-19/h1-3,5-6,8-15,22,25H,4,7,16-18H2,(H,29,30). The quantitative estimate of drug-likeness (QED) is 0.509. The summed E-state index contributed by atoms with van der Waals surface area (Å²) in [5.41, 5.74) is 3.34. The number of piperidine rings is 1. The van der Waals surface area contributed by atoms with Crippen molar-refractivity contribution in [2.45, 2.75) is 25.5 Å². The second-order valence-electron chi connectivity index (χ2n) is 7.97. The Bertz CT molecular complexity index is 989. The zero-order valence-corrected chi connectivity index (χ0v) is 18.0. The first-order chi connectivity index (χ1) is 15.1. The molecule has 2 atom stereocenters. The fourth-order valence-corrected chi connectivity index (χ4v) is 4.31. The summed E-state index contributed by atoms with van der Waals surface area (Å²) in [6.45, 7) is 1.92. The second-order valence-corrected chi connectivity index (χ2v) is 8.41. The number of likely N-dealkylation sites (tertiary alicyclic amines) is 1. The van der Waals surface area contributed by atoms with Crippen LogP contribution in [0, 0.1) is 5.92 Å². The van der Waals surface area contributed by atoms with Crippen molar-refractivity contribution in [2.75, 3.05) is 13.1 Å². The molecule has 1 fully saturated rings. The molecule has 0 spiro atoms. The molecule has 5 heteroatoms. The van der Waals surface area contributed by atoms with Gasteiger partial charge in [-0.25, -0.2) is 0 Å². The van der Waals surface area contributed by atoms with Gasteiger partial charge in [0.1, 0.15) is 12.4 Å². The monoisotopic (exact) mass is 435 g/mol. The largest absolute Gasteiger partial charge is 0.489 e. The summed E-state index contributed by atoms with van der Waals surface area (Å²) < 4.78 is 5.93. The van der Waals surface area contributed by atoms with Crippen LogP contribution in [-0.4, -0.2) is 29.1 Å². The Morgan fingerprint density at radius 3 is 2.29 bits per heavy atom. The summed E-state index contributed by atoms with van der Waals surface area (Å²) in [5.74, 6) is -0.245. The molecule has 0 aliphatic carbocycles. The van der Waals surface area contributed by atoms with E-state index in [0.717, 1.165) is 41.8 Å². The van der Waals surface area contributed by atoms with Gasteiger partial charge in [0.2, 0.25) is 0 Å². The second kappa shape index (κ2) is 9.99. The maximum Gasteiger partial charge on any atom is 0.307 e. The summed E-state index contributed by atoms with van der Waals surface area (Å²) in [6, 6.07) is 26.0. The molecule has 1 heterocycles. The van der Waals surface area contributed by atoms with E-state index in [4.69, 9.17) is 16.3 Å². The first-order valence-electron chi connectivity index (χ1n) is 10.6. The van der Waals surface area contributed by atoms with E-state index in [1.165, 1.54) is 0 Å². The van der Waals surface area contributed by atoms with Crippen molar-refractivity contribution in [2.24, 2.45) is 5.92 Å². The average Bonchev–Trinajstić information content (AvgIpc) is 2.81. The number of ether oxygens (including phenoxy) is 1. The minimum atomic E-state index is -0.718. The smallest absolute Gasteiger partial charge is 0.307 e. The highest BCUT2D eigenvalue weighted by Gasteiger charge is 2.31. The number of halogens is 1. The Balaban J connectivity index is 1.56. The van der Waals surface area contributed by atoms with E-state index >= 15 is 0 Å². The molecule has 0 radical (unpaired) electrons. The van der Waals surface area contributed by atoms with Gasteiger partial charge in [-0.2, -0.15) is 0 Å². The van der Waals surface area contributed by atoms with E-state index in [2.05, 4.69) is 17.0 Å². The Kier molecular flexibility index (Phi) is 6.90. The van der Waals surface area contributed by atoms with Crippen LogP contribution in [-0.2, 0) is 11.4 Å². The van der Waals surface area contributed by atoms with Crippen LogP contribution in [0.4, 0.5) is 0 Å². The van der Waals surface area contributed by atoms with Gasteiger partial charge in [-0.15, -0.1) is 0 Å². The number of aliphatic carboxylic acids is 1. The van der Waals surface area contributed by atoms with E-state index in [0.29, 0.717) is 18.2 Å². The molecule has 3 aromatic carbocycles. The molecule has 3 aromatic rings. The van der Waals surface area contributed by atoms with Crippen molar-refractivity contribution < 1.29 is 14.6 Å². The zero-order chi connectivity index (χ0) is 21.6. The third-order valence-electron chi connectivity index (χ3n) is 5.80. The van der Waals surface area contributed by atoms with Gasteiger partial charge >= 0.3 is 5.97 Å². The maximum absolute atomic E-state index is 11.6. The Morgan fingerprint density at radius 2 is 1.65 bits per heavy atom. The summed E-state index contributed by atoms with van der Waals surface area (Å²) in [5, 5.41) is 10.2. The van der Waals surface area contributed by atoms with Gasteiger partial charge in [-0.05, 0) is 60.3 Å². The summed E-state index contributed by atoms with van der Waals surface area (Å²) in [6.07, 6.45) is 1.60. The van der Waals surface area contributed by atoms with Gasteiger partial charge in [0, 0.05) is 11.6 Å². The molecule has 1 aliphatic rings. The van der Waals surface area contributed by atoms with Gasteiger partial charge in [-0.1, -0.05) is 66.2 Å². The van der Waals surface area contributed by atoms with Crippen molar-refractivity contribution in [3.05, 3.63) is 101 Å². The molecule has 0 amide bonds. The van der Waals surface area contributed by atoms with Crippen LogP contribution in [0.2, 0.25) is 5.02 Å². The van der Waals surface area contributed by atoms with Crippen molar-refractivity contribution in [1.82, 2.24) is 4.90 Å². The van der Waals surface area contributed by atoms with Crippen LogP contribution < -0.4 is 4.74 Å². The minimum Gasteiger partial charge on any atom is -0.489 e. The summed E-state index contributed by atoms with van der Waals surface area (Å²) in [7, 11) is 0. The van der Waals surface area contributed by atoms with Crippen molar-refractivity contribution in [1.29, 1.82) is 0 Å².